The molecule has 0 aliphatic carbocycles. The Morgan fingerprint density at radius 1 is 1.56 bits per heavy atom. The Hall–Kier alpha value is -0.560. The van der Waals surface area contributed by atoms with Crippen molar-refractivity contribution >= 4 is 0 Å². The molecule has 0 bridgehead atoms. The minimum Gasteiger partial charge on any atom is -0.389 e. The summed E-state index contributed by atoms with van der Waals surface area (Å²) in [5, 5.41) is 10.0. The molecule has 1 fully saturated rings. The number of terminal acetylenes is 1. The number of ether oxygens (including phenoxy) is 1. The van der Waals surface area contributed by atoms with Gasteiger partial charge in [0.15, 0.2) is 0 Å². The van der Waals surface area contributed by atoms with Crippen molar-refractivity contribution in [3.63, 3.8) is 0 Å². The fraction of sp³-hybridized carbons (Fsp3) is 0.867. The van der Waals surface area contributed by atoms with Gasteiger partial charge < -0.3 is 14.7 Å². The maximum absolute atomic E-state index is 10.0. The van der Waals surface area contributed by atoms with Crippen LogP contribution in [0, 0.1) is 18.3 Å². The number of nitrogens with zero attached hydrogens (tertiary/aromatic N) is 1. The standard InChI is InChI=1S/C15H27NO2/c1-5-8-15(3,4)18-12-14(17)11-16-9-6-7-13(2)10-16/h1,13-14,17H,6-12H2,2-4H3. The van der Waals surface area contributed by atoms with Crippen LogP contribution >= 0.6 is 0 Å². The fourth-order valence-corrected chi connectivity index (χ4v) is 2.42. The van der Waals surface area contributed by atoms with Gasteiger partial charge in [0.2, 0.25) is 0 Å². The normalized spacial score (nSPS) is 23.6. The summed E-state index contributed by atoms with van der Waals surface area (Å²) in [5.41, 5.74) is -0.342. The first-order valence-corrected chi connectivity index (χ1v) is 6.91. The van der Waals surface area contributed by atoms with Gasteiger partial charge in [-0.05, 0) is 39.2 Å². The predicted octanol–water partition coefficient (Wildman–Crippen LogP) is 1.90. The summed E-state index contributed by atoms with van der Waals surface area (Å²) in [6.45, 7) is 9.44. The van der Waals surface area contributed by atoms with Crippen LogP contribution in [0.25, 0.3) is 0 Å². The summed E-state index contributed by atoms with van der Waals surface area (Å²) in [6, 6.07) is 0. The molecule has 1 aliphatic heterocycles. The van der Waals surface area contributed by atoms with Gasteiger partial charge in [-0.15, -0.1) is 12.3 Å². The lowest BCUT2D eigenvalue weighted by atomic mass is 10.00. The van der Waals surface area contributed by atoms with Gasteiger partial charge in [0.05, 0.1) is 18.3 Å². The number of hydrogen-bond donors (Lipinski definition) is 1. The molecule has 1 heterocycles. The van der Waals surface area contributed by atoms with Crippen molar-refractivity contribution in [1.29, 1.82) is 0 Å². The first kappa shape index (κ1) is 15.5. The predicted molar refractivity (Wildman–Crippen MR) is 74.3 cm³/mol. The van der Waals surface area contributed by atoms with Gasteiger partial charge in [-0.2, -0.15) is 0 Å². The molecule has 104 valence electrons. The topological polar surface area (TPSA) is 32.7 Å². The quantitative estimate of drug-likeness (QED) is 0.734. The molecule has 3 heteroatoms. The fourth-order valence-electron chi connectivity index (χ4n) is 2.42. The number of β-amino-alcohol motifs (C(OH)–C–C–N with tert-alkyl or cyclic N) is 1. The maximum Gasteiger partial charge on any atom is 0.0900 e. The first-order valence-electron chi connectivity index (χ1n) is 6.91. The van der Waals surface area contributed by atoms with E-state index in [2.05, 4.69) is 17.7 Å². The lowest BCUT2D eigenvalue weighted by molar-refractivity contribution is -0.0648. The van der Waals surface area contributed by atoms with Gasteiger partial charge in [0, 0.05) is 19.5 Å². The van der Waals surface area contributed by atoms with Gasteiger partial charge in [0.1, 0.15) is 0 Å². The van der Waals surface area contributed by atoms with E-state index in [9.17, 15) is 5.11 Å². The van der Waals surface area contributed by atoms with E-state index in [0.717, 1.165) is 19.0 Å². The molecule has 0 amide bonds. The van der Waals surface area contributed by atoms with Crippen molar-refractivity contribution in [3.8, 4) is 12.3 Å². The molecule has 1 rings (SSSR count). The van der Waals surface area contributed by atoms with E-state index >= 15 is 0 Å². The molecule has 2 unspecified atom stereocenters. The Bertz CT molecular complexity index is 283. The number of aliphatic hydroxyl groups excluding tert-OH is 1. The molecule has 1 saturated heterocycles. The van der Waals surface area contributed by atoms with Crippen molar-refractivity contribution in [1.82, 2.24) is 4.90 Å². The number of rotatable bonds is 6. The van der Waals surface area contributed by atoms with Gasteiger partial charge in [-0.25, -0.2) is 0 Å². The minimum atomic E-state index is -0.424. The summed E-state index contributed by atoms with van der Waals surface area (Å²) in [5.74, 6) is 3.34. The molecular formula is C15H27NO2. The number of likely N-dealkylation sites (tertiary alicyclic amines) is 1. The Morgan fingerprint density at radius 2 is 2.28 bits per heavy atom. The zero-order valence-corrected chi connectivity index (χ0v) is 12.0. The third-order valence-corrected chi connectivity index (χ3v) is 3.40. The van der Waals surface area contributed by atoms with Crippen LogP contribution in [-0.2, 0) is 4.74 Å². The summed E-state index contributed by atoms with van der Waals surface area (Å²) in [4.78, 5) is 2.33. The zero-order chi connectivity index (χ0) is 13.6. The highest BCUT2D eigenvalue weighted by Crippen LogP contribution is 2.17. The largest absolute Gasteiger partial charge is 0.389 e. The van der Waals surface area contributed by atoms with E-state index in [1.54, 1.807) is 0 Å². The van der Waals surface area contributed by atoms with E-state index in [1.165, 1.54) is 12.8 Å². The van der Waals surface area contributed by atoms with Gasteiger partial charge in [-0.3, -0.25) is 0 Å². The number of aliphatic hydroxyl groups is 1. The van der Waals surface area contributed by atoms with Crippen LogP contribution < -0.4 is 0 Å². The van der Waals surface area contributed by atoms with Crippen LogP contribution in [0.3, 0.4) is 0 Å². The molecule has 1 N–H and O–H groups in total. The highest BCUT2D eigenvalue weighted by atomic mass is 16.5. The summed E-state index contributed by atoms with van der Waals surface area (Å²) < 4.78 is 5.68. The van der Waals surface area contributed by atoms with Crippen molar-refractivity contribution in [2.45, 2.75) is 51.7 Å². The third-order valence-electron chi connectivity index (χ3n) is 3.40. The lowest BCUT2D eigenvalue weighted by Crippen LogP contribution is -2.41. The van der Waals surface area contributed by atoms with Crippen molar-refractivity contribution in [3.05, 3.63) is 0 Å². The number of hydrogen-bond acceptors (Lipinski definition) is 3. The summed E-state index contributed by atoms with van der Waals surface area (Å²) >= 11 is 0. The highest BCUT2D eigenvalue weighted by Gasteiger charge is 2.22. The minimum absolute atomic E-state index is 0.342. The molecule has 0 spiro atoms. The second-order valence-corrected chi connectivity index (χ2v) is 6.11. The van der Waals surface area contributed by atoms with Crippen molar-refractivity contribution < 1.29 is 9.84 Å². The summed E-state index contributed by atoms with van der Waals surface area (Å²) in [7, 11) is 0. The molecule has 18 heavy (non-hydrogen) atoms. The van der Waals surface area contributed by atoms with Crippen LogP contribution in [0.4, 0.5) is 0 Å². The Morgan fingerprint density at radius 3 is 2.89 bits per heavy atom. The molecule has 3 nitrogen and oxygen atoms in total. The van der Waals surface area contributed by atoms with Crippen LogP contribution in [0.1, 0.15) is 40.0 Å². The van der Waals surface area contributed by atoms with E-state index in [0.29, 0.717) is 19.6 Å². The smallest absolute Gasteiger partial charge is 0.0900 e. The Kier molecular flexibility index (Phi) is 6.14. The average Bonchev–Trinajstić information content (AvgIpc) is 2.26. The molecule has 1 aliphatic rings. The van der Waals surface area contributed by atoms with Crippen LogP contribution in [-0.4, -0.2) is 48.0 Å². The second kappa shape index (κ2) is 7.13. The van der Waals surface area contributed by atoms with Crippen LogP contribution in [0.15, 0.2) is 0 Å². The van der Waals surface area contributed by atoms with E-state index in [1.807, 2.05) is 13.8 Å². The molecule has 2 atom stereocenters. The molecule has 0 aromatic rings. The SMILES string of the molecule is C#CCC(C)(C)OCC(O)CN1CCCC(C)C1. The second-order valence-electron chi connectivity index (χ2n) is 6.11. The van der Waals surface area contributed by atoms with Crippen molar-refractivity contribution in [2.75, 3.05) is 26.2 Å². The molecular weight excluding hydrogens is 226 g/mol. The maximum atomic E-state index is 10.0. The van der Waals surface area contributed by atoms with E-state index < -0.39 is 6.10 Å². The average molecular weight is 253 g/mol. The monoisotopic (exact) mass is 253 g/mol. The van der Waals surface area contributed by atoms with E-state index in [-0.39, 0.29) is 5.60 Å². The van der Waals surface area contributed by atoms with Crippen LogP contribution in [0.2, 0.25) is 0 Å². The zero-order valence-electron chi connectivity index (χ0n) is 12.0. The molecule has 0 saturated carbocycles. The highest BCUT2D eigenvalue weighted by molar-refractivity contribution is 4.92. The lowest BCUT2D eigenvalue weighted by Gasteiger charge is -2.33. The molecule has 0 aromatic heterocycles. The third kappa shape index (κ3) is 5.86. The van der Waals surface area contributed by atoms with Gasteiger partial charge in [0.25, 0.3) is 0 Å². The van der Waals surface area contributed by atoms with Crippen molar-refractivity contribution in [2.24, 2.45) is 5.92 Å². The Labute approximate surface area is 112 Å². The summed E-state index contributed by atoms with van der Waals surface area (Å²) in [6.07, 6.45) is 7.97. The van der Waals surface area contributed by atoms with Crippen LogP contribution in [0.5, 0.6) is 0 Å². The van der Waals surface area contributed by atoms with Gasteiger partial charge >= 0.3 is 0 Å². The van der Waals surface area contributed by atoms with E-state index in [4.69, 9.17) is 11.2 Å². The molecule has 0 radical (unpaired) electrons. The first-order chi connectivity index (χ1) is 8.43. The Balaban J connectivity index is 2.25. The molecule has 0 aromatic carbocycles. The number of piperidine rings is 1. The van der Waals surface area contributed by atoms with Gasteiger partial charge in [-0.1, -0.05) is 6.92 Å².